The van der Waals surface area contributed by atoms with Crippen molar-refractivity contribution in [1.29, 1.82) is 0 Å². The number of hydrogen-bond acceptors (Lipinski definition) is 2. The molecule has 4 heteroatoms. The van der Waals surface area contributed by atoms with Crippen molar-refractivity contribution in [3.8, 4) is 11.5 Å². The van der Waals surface area contributed by atoms with Gasteiger partial charge in [-0.25, -0.2) is 0 Å². The van der Waals surface area contributed by atoms with Gasteiger partial charge in [0, 0.05) is 16.5 Å². The fourth-order valence-electron chi connectivity index (χ4n) is 2.81. The molecule has 0 fully saturated rings. The normalized spacial score (nSPS) is 18.5. The molecule has 1 aliphatic rings. The average molecular weight is 368 g/mol. The van der Waals surface area contributed by atoms with E-state index in [0.29, 0.717) is 5.92 Å². The lowest BCUT2D eigenvalue weighted by Crippen LogP contribution is -2.17. The first-order valence-corrected chi connectivity index (χ1v) is 8.19. The van der Waals surface area contributed by atoms with Crippen molar-refractivity contribution in [2.45, 2.75) is 17.2 Å². The molecule has 21 heavy (non-hydrogen) atoms. The van der Waals surface area contributed by atoms with E-state index >= 15 is 0 Å². The Morgan fingerprint density at radius 3 is 2.90 bits per heavy atom. The Bertz CT molecular complexity index is 644. The van der Waals surface area contributed by atoms with E-state index in [1.54, 1.807) is 7.11 Å². The summed E-state index contributed by atoms with van der Waals surface area (Å²) < 4.78 is 11.2. The minimum atomic E-state index is 0.135. The average Bonchev–Trinajstić information content (AvgIpc) is 2.53. The number of ether oxygens (including phenoxy) is 2. The molecule has 0 aromatic heterocycles. The van der Waals surface area contributed by atoms with Crippen molar-refractivity contribution in [3.63, 3.8) is 0 Å². The van der Waals surface area contributed by atoms with Gasteiger partial charge in [-0.2, -0.15) is 0 Å². The van der Waals surface area contributed by atoms with E-state index in [9.17, 15) is 0 Å². The molecule has 3 rings (SSSR count). The van der Waals surface area contributed by atoms with Crippen LogP contribution in [-0.4, -0.2) is 13.7 Å². The molecular formula is C17H16BrClO2. The SMILES string of the molecule is COc1ccc(Cl)cc1C(Br)C1CCOc2ccccc21. The highest BCUT2D eigenvalue weighted by atomic mass is 79.9. The fraction of sp³-hybridized carbons (Fsp3) is 0.294. The first-order chi connectivity index (χ1) is 10.2. The second-order valence-electron chi connectivity index (χ2n) is 5.07. The maximum atomic E-state index is 6.16. The third-order valence-corrected chi connectivity index (χ3v) is 5.21. The van der Waals surface area contributed by atoms with E-state index in [1.807, 2.05) is 30.3 Å². The van der Waals surface area contributed by atoms with Gasteiger partial charge in [0.1, 0.15) is 11.5 Å². The number of fused-ring (bicyclic) bond motifs is 1. The Hall–Kier alpha value is -1.19. The topological polar surface area (TPSA) is 18.5 Å². The van der Waals surface area contributed by atoms with Crippen LogP contribution in [0.25, 0.3) is 0 Å². The Morgan fingerprint density at radius 2 is 2.10 bits per heavy atom. The molecule has 2 atom stereocenters. The van der Waals surface area contributed by atoms with Gasteiger partial charge in [0.15, 0.2) is 0 Å². The Balaban J connectivity index is 2.00. The second kappa shape index (κ2) is 6.29. The summed E-state index contributed by atoms with van der Waals surface area (Å²) in [6.07, 6.45) is 0.961. The number of para-hydroxylation sites is 1. The van der Waals surface area contributed by atoms with Crippen LogP contribution in [0, 0.1) is 0 Å². The lowest BCUT2D eigenvalue weighted by atomic mass is 9.87. The van der Waals surface area contributed by atoms with Gasteiger partial charge in [0.2, 0.25) is 0 Å². The van der Waals surface area contributed by atoms with E-state index in [-0.39, 0.29) is 4.83 Å². The monoisotopic (exact) mass is 366 g/mol. The van der Waals surface area contributed by atoms with Crippen LogP contribution >= 0.6 is 27.5 Å². The van der Waals surface area contributed by atoms with Crippen LogP contribution in [0.15, 0.2) is 42.5 Å². The predicted molar refractivity (Wildman–Crippen MR) is 89.0 cm³/mol. The van der Waals surface area contributed by atoms with Gasteiger partial charge >= 0.3 is 0 Å². The van der Waals surface area contributed by atoms with Crippen LogP contribution < -0.4 is 9.47 Å². The highest BCUT2D eigenvalue weighted by Gasteiger charge is 2.30. The maximum absolute atomic E-state index is 6.16. The van der Waals surface area contributed by atoms with E-state index in [2.05, 4.69) is 28.1 Å². The minimum absolute atomic E-state index is 0.135. The molecule has 0 saturated heterocycles. The zero-order valence-corrected chi connectivity index (χ0v) is 14.0. The molecule has 0 aliphatic carbocycles. The maximum Gasteiger partial charge on any atom is 0.123 e. The summed E-state index contributed by atoms with van der Waals surface area (Å²) in [6, 6.07) is 13.9. The summed E-state index contributed by atoms with van der Waals surface area (Å²) in [7, 11) is 1.68. The molecule has 0 radical (unpaired) electrons. The highest BCUT2D eigenvalue weighted by Crippen LogP contribution is 2.48. The van der Waals surface area contributed by atoms with E-state index in [1.165, 1.54) is 5.56 Å². The molecule has 1 aliphatic heterocycles. The zero-order chi connectivity index (χ0) is 14.8. The van der Waals surface area contributed by atoms with Crippen molar-refractivity contribution < 1.29 is 9.47 Å². The molecular weight excluding hydrogens is 352 g/mol. The smallest absolute Gasteiger partial charge is 0.123 e. The molecule has 110 valence electrons. The largest absolute Gasteiger partial charge is 0.496 e. The summed E-state index contributed by atoms with van der Waals surface area (Å²) >= 11 is 10.0. The number of alkyl halides is 1. The molecule has 0 saturated carbocycles. The van der Waals surface area contributed by atoms with E-state index in [0.717, 1.165) is 35.1 Å². The van der Waals surface area contributed by atoms with Crippen molar-refractivity contribution in [3.05, 3.63) is 58.6 Å². The van der Waals surface area contributed by atoms with Crippen LogP contribution in [0.2, 0.25) is 5.02 Å². The van der Waals surface area contributed by atoms with Gasteiger partial charge in [-0.05, 0) is 36.2 Å². The Morgan fingerprint density at radius 1 is 1.29 bits per heavy atom. The summed E-state index contributed by atoms with van der Waals surface area (Å²) in [4.78, 5) is 0.135. The number of benzene rings is 2. The van der Waals surface area contributed by atoms with Crippen LogP contribution in [0.1, 0.15) is 28.3 Å². The third-order valence-electron chi connectivity index (χ3n) is 3.85. The van der Waals surface area contributed by atoms with Crippen molar-refractivity contribution in [1.82, 2.24) is 0 Å². The van der Waals surface area contributed by atoms with Gasteiger partial charge in [0.05, 0.1) is 18.5 Å². The van der Waals surface area contributed by atoms with Gasteiger partial charge in [-0.15, -0.1) is 0 Å². The summed E-state index contributed by atoms with van der Waals surface area (Å²) in [5.74, 6) is 2.16. The zero-order valence-electron chi connectivity index (χ0n) is 11.7. The van der Waals surface area contributed by atoms with Crippen LogP contribution in [-0.2, 0) is 0 Å². The lowest BCUT2D eigenvalue weighted by molar-refractivity contribution is 0.265. The van der Waals surface area contributed by atoms with Gasteiger partial charge in [0.25, 0.3) is 0 Å². The number of rotatable bonds is 3. The number of halogens is 2. The second-order valence-corrected chi connectivity index (χ2v) is 6.49. The molecule has 1 heterocycles. The highest BCUT2D eigenvalue weighted by molar-refractivity contribution is 9.09. The predicted octanol–water partition coefficient (Wildman–Crippen LogP) is 5.35. The van der Waals surface area contributed by atoms with Gasteiger partial charge < -0.3 is 9.47 Å². The minimum Gasteiger partial charge on any atom is -0.496 e. The molecule has 2 unspecified atom stereocenters. The number of hydrogen-bond donors (Lipinski definition) is 0. The lowest BCUT2D eigenvalue weighted by Gasteiger charge is -2.30. The Kier molecular flexibility index (Phi) is 4.41. The molecule has 2 nitrogen and oxygen atoms in total. The summed E-state index contributed by atoms with van der Waals surface area (Å²) in [6.45, 7) is 0.729. The molecule has 0 spiro atoms. The molecule has 0 bridgehead atoms. The molecule has 0 amide bonds. The first-order valence-electron chi connectivity index (χ1n) is 6.90. The third kappa shape index (κ3) is 2.90. The van der Waals surface area contributed by atoms with Crippen molar-refractivity contribution in [2.24, 2.45) is 0 Å². The first kappa shape index (κ1) is 14.7. The van der Waals surface area contributed by atoms with Gasteiger partial charge in [-0.3, -0.25) is 0 Å². The van der Waals surface area contributed by atoms with Crippen LogP contribution in [0.4, 0.5) is 0 Å². The van der Waals surface area contributed by atoms with E-state index < -0.39 is 0 Å². The molecule has 2 aromatic carbocycles. The summed E-state index contributed by atoms with van der Waals surface area (Å²) in [5, 5.41) is 0.718. The standard InChI is InChI=1S/C17H16BrClO2/c1-20-15-7-6-11(19)10-14(15)17(18)13-8-9-21-16-5-3-2-4-12(13)16/h2-7,10,13,17H,8-9H2,1H3. The summed E-state index contributed by atoms with van der Waals surface area (Å²) in [5.41, 5.74) is 2.30. The van der Waals surface area contributed by atoms with E-state index in [4.69, 9.17) is 21.1 Å². The Labute approximate surface area is 138 Å². The molecule has 0 N–H and O–H groups in total. The number of methoxy groups -OCH3 is 1. The van der Waals surface area contributed by atoms with Crippen molar-refractivity contribution >= 4 is 27.5 Å². The van der Waals surface area contributed by atoms with Crippen LogP contribution in [0.3, 0.4) is 0 Å². The quantitative estimate of drug-likeness (QED) is 0.681. The van der Waals surface area contributed by atoms with Crippen molar-refractivity contribution in [2.75, 3.05) is 13.7 Å². The van der Waals surface area contributed by atoms with Crippen LogP contribution in [0.5, 0.6) is 11.5 Å². The molecule has 2 aromatic rings. The van der Waals surface area contributed by atoms with Gasteiger partial charge in [-0.1, -0.05) is 45.7 Å². The fourth-order valence-corrected chi connectivity index (χ4v) is 3.90.